The summed E-state index contributed by atoms with van der Waals surface area (Å²) >= 11 is 0. The number of phenolic OH excluding ortho intramolecular Hbond substituents is 1. The molecule has 0 aliphatic carbocycles. The molecule has 0 saturated carbocycles. The average molecular weight is 354 g/mol. The zero-order chi connectivity index (χ0) is 18.6. The monoisotopic (exact) mass is 354 g/mol. The molecular weight excluding hydrogens is 324 g/mol. The first-order chi connectivity index (χ1) is 12.6. The van der Waals surface area contributed by atoms with Gasteiger partial charge < -0.3 is 15.2 Å². The normalized spacial score (nSPS) is 22.2. The van der Waals surface area contributed by atoms with Crippen molar-refractivity contribution in [2.75, 3.05) is 19.0 Å². The van der Waals surface area contributed by atoms with E-state index in [1.165, 1.54) is 18.4 Å². The topological polar surface area (TPSA) is 53.5 Å². The molecule has 3 N–H and O–H groups in total. The van der Waals surface area contributed by atoms with Gasteiger partial charge in [-0.3, -0.25) is 5.32 Å². The molecule has 2 aromatic carbocycles. The highest BCUT2D eigenvalue weighted by Crippen LogP contribution is 2.41. The molecule has 4 heteroatoms. The van der Waals surface area contributed by atoms with Crippen LogP contribution in [0.15, 0.2) is 42.5 Å². The number of rotatable bonds is 6. The van der Waals surface area contributed by atoms with Gasteiger partial charge in [-0.1, -0.05) is 57.0 Å². The second kappa shape index (κ2) is 8.00. The molecular formula is C22H30N2O2. The molecule has 1 heterocycles. The first kappa shape index (κ1) is 18.6. The van der Waals surface area contributed by atoms with E-state index in [0.29, 0.717) is 5.75 Å². The predicted octanol–water partition coefficient (Wildman–Crippen LogP) is 4.84. The Morgan fingerprint density at radius 1 is 1.19 bits per heavy atom. The molecule has 2 aromatic rings. The number of aromatic hydroxyl groups is 1. The third kappa shape index (κ3) is 3.65. The van der Waals surface area contributed by atoms with Crippen LogP contribution in [-0.2, 0) is 0 Å². The Morgan fingerprint density at radius 3 is 2.62 bits per heavy atom. The van der Waals surface area contributed by atoms with E-state index in [-0.39, 0.29) is 17.3 Å². The highest BCUT2D eigenvalue weighted by molar-refractivity contribution is 5.63. The van der Waals surface area contributed by atoms with Crippen LogP contribution in [0, 0.1) is 0 Å². The van der Waals surface area contributed by atoms with Crippen molar-refractivity contribution in [3.63, 3.8) is 0 Å². The molecule has 0 saturated heterocycles. The Labute approximate surface area is 156 Å². The van der Waals surface area contributed by atoms with Crippen molar-refractivity contribution < 1.29 is 9.84 Å². The van der Waals surface area contributed by atoms with E-state index >= 15 is 0 Å². The number of ether oxygens (including phenoxy) is 1. The fourth-order valence-electron chi connectivity index (χ4n) is 3.83. The van der Waals surface area contributed by atoms with Crippen molar-refractivity contribution in [2.24, 2.45) is 0 Å². The highest BCUT2D eigenvalue weighted by atomic mass is 16.5. The van der Waals surface area contributed by atoms with E-state index in [1.54, 1.807) is 7.11 Å². The van der Waals surface area contributed by atoms with Gasteiger partial charge in [0.2, 0.25) is 0 Å². The van der Waals surface area contributed by atoms with E-state index in [1.807, 2.05) is 18.2 Å². The van der Waals surface area contributed by atoms with Gasteiger partial charge in [-0.15, -0.1) is 0 Å². The molecule has 3 rings (SSSR count). The first-order valence-electron chi connectivity index (χ1n) is 9.60. The lowest BCUT2D eigenvalue weighted by Crippen LogP contribution is -2.50. The van der Waals surface area contributed by atoms with Crippen molar-refractivity contribution in [3.05, 3.63) is 53.6 Å². The minimum absolute atomic E-state index is 0.0123. The van der Waals surface area contributed by atoms with Crippen molar-refractivity contribution in [1.82, 2.24) is 5.32 Å². The van der Waals surface area contributed by atoms with Crippen LogP contribution >= 0.6 is 0 Å². The van der Waals surface area contributed by atoms with Crippen LogP contribution in [-0.4, -0.2) is 24.3 Å². The molecule has 4 nitrogen and oxygen atoms in total. The third-order valence-corrected chi connectivity index (χ3v) is 5.55. The molecule has 0 amide bonds. The molecule has 0 spiro atoms. The Bertz CT molecular complexity index is 732. The van der Waals surface area contributed by atoms with Crippen LogP contribution in [0.2, 0.25) is 0 Å². The molecule has 1 aliphatic rings. The summed E-state index contributed by atoms with van der Waals surface area (Å²) in [5.41, 5.74) is 3.30. The number of hydrogen-bond acceptors (Lipinski definition) is 4. The Balaban J connectivity index is 2.09. The van der Waals surface area contributed by atoms with E-state index < -0.39 is 0 Å². The number of benzene rings is 2. The number of unbranched alkanes of at least 4 members (excludes halogenated alkanes) is 1. The van der Waals surface area contributed by atoms with Crippen LogP contribution < -0.4 is 15.4 Å². The summed E-state index contributed by atoms with van der Waals surface area (Å²) in [4.78, 5) is 0. The standard InChI is InChI=1S/C22H30N2O2/c1-4-6-12-22(5-2)15-23-18-14-20(26-3)19(25)13-17(18)21(24-22)16-10-8-7-9-11-16/h7-11,13-14,21,23-25H,4-6,12,15H2,1-3H3/t21-,22-/m1/s1. The second-order valence-electron chi connectivity index (χ2n) is 7.19. The minimum Gasteiger partial charge on any atom is -0.504 e. The molecule has 26 heavy (non-hydrogen) atoms. The lowest BCUT2D eigenvalue weighted by atomic mass is 9.87. The number of fused-ring (bicyclic) bond motifs is 1. The minimum atomic E-state index is 0.0123. The number of hydrogen-bond donors (Lipinski definition) is 3. The SMILES string of the molecule is CCCC[C@]1(CC)CNc2cc(OC)c(O)cc2[C@@H](c2ccccc2)N1. The van der Waals surface area contributed by atoms with E-state index in [4.69, 9.17) is 4.74 Å². The number of phenols is 1. The Hall–Kier alpha value is -2.20. The van der Waals surface area contributed by atoms with Crippen LogP contribution in [0.1, 0.15) is 56.7 Å². The van der Waals surface area contributed by atoms with Gasteiger partial charge in [-0.2, -0.15) is 0 Å². The van der Waals surface area contributed by atoms with Gasteiger partial charge in [0, 0.05) is 29.4 Å². The van der Waals surface area contributed by atoms with Gasteiger partial charge >= 0.3 is 0 Å². The fraction of sp³-hybridized carbons (Fsp3) is 0.455. The maximum atomic E-state index is 10.4. The largest absolute Gasteiger partial charge is 0.504 e. The molecule has 0 fully saturated rings. The maximum absolute atomic E-state index is 10.4. The lowest BCUT2D eigenvalue weighted by Gasteiger charge is -2.36. The number of methoxy groups -OCH3 is 1. The van der Waals surface area contributed by atoms with Gasteiger partial charge in [-0.25, -0.2) is 0 Å². The van der Waals surface area contributed by atoms with Crippen molar-refractivity contribution in [2.45, 2.75) is 51.1 Å². The van der Waals surface area contributed by atoms with Crippen molar-refractivity contribution >= 4 is 5.69 Å². The van der Waals surface area contributed by atoms with E-state index in [9.17, 15) is 5.11 Å². The van der Waals surface area contributed by atoms with Crippen molar-refractivity contribution in [1.29, 1.82) is 0 Å². The third-order valence-electron chi connectivity index (χ3n) is 5.55. The maximum Gasteiger partial charge on any atom is 0.162 e. The van der Waals surface area contributed by atoms with Crippen LogP contribution in [0.3, 0.4) is 0 Å². The van der Waals surface area contributed by atoms with Gasteiger partial charge in [0.15, 0.2) is 11.5 Å². The zero-order valence-corrected chi connectivity index (χ0v) is 16.0. The summed E-state index contributed by atoms with van der Waals surface area (Å²) in [7, 11) is 1.59. The molecule has 2 atom stereocenters. The van der Waals surface area contributed by atoms with Crippen LogP contribution in [0.25, 0.3) is 0 Å². The van der Waals surface area contributed by atoms with Gasteiger partial charge in [-0.05, 0) is 24.5 Å². The summed E-state index contributed by atoms with van der Waals surface area (Å²) in [6.07, 6.45) is 4.53. The molecule has 1 aliphatic heterocycles. The molecule has 0 aromatic heterocycles. The Kier molecular flexibility index (Phi) is 5.72. The fourth-order valence-corrected chi connectivity index (χ4v) is 3.83. The molecule has 140 valence electrons. The Morgan fingerprint density at radius 2 is 1.96 bits per heavy atom. The average Bonchev–Trinajstić information content (AvgIpc) is 2.84. The van der Waals surface area contributed by atoms with Crippen LogP contribution in [0.4, 0.5) is 5.69 Å². The number of nitrogens with one attached hydrogen (secondary N) is 2. The predicted molar refractivity (Wildman–Crippen MR) is 107 cm³/mol. The lowest BCUT2D eigenvalue weighted by molar-refractivity contribution is 0.283. The summed E-state index contributed by atoms with van der Waals surface area (Å²) in [5.74, 6) is 0.675. The summed E-state index contributed by atoms with van der Waals surface area (Å²) in [6, 6.07) is 14.2. The second-order valence-corrected chi connectivity index (χ2v) is 7.19. The highest BCUT2D eigenvalue weighted by Gasteiger charge is 2.35. The summed E-state index contributed by atoms with van der Waals surface area (Å²) < 4.78 is 5.33. The summed E-state index contributed by atoms with van der Waals surface area (Å²) in [5, 5.41) is 17.9. The van der Waals surface area contributed by atoms with Gasteiger partial charge in [0.1, 0.15) is 0 Å². The number of anilines is 1. The molecule has 0 unspecified atom stereocenters. The van der Waals surface area contributed by atoms with Crippen molar-refractivity contribution in [3.8, 4) is 11.5 Å². The van der Waals surface area contributed by atoms with E-state index in [2.05, 4.69) is 48.7 Å². The quantitative estimate of drug-likeness (QED) is 0.650. The molecule has 0 bridgehead atoms. The summed E-state index contributed by atoms with van der Waals surface area (Å²) in [6.45, 7) is 5.34. The first-order valence-corrected chi connectivity index (χ1v) is 9.60. The van der Waals surface area contributed by atoms with Crippen LogP contribution in [0.5, 0.6) is 11.5 Å². The van der Waals surface area contributed by atoms with Gasteiger partial charge in [0.25, 0.3) is 0 Å². The smallest absolute Gasteiger partial charge is 0.162 e. The molecule has 0 radical (unpaired) electrons. The zero-order valence-electron chi connectivity index (χ0n) is 16.0. The van der Waals surface area contributed by atoms with Gasteiger partial charge in [0.05, 0.1) is 13.2 Å². The van der Waals surface area contributed by atoms with E-state index in [0.717, 1.165) is 30.6 Å².